The van der Waals surface area contributed by atoms with E-state index in [4.69, 9.17) is 16.0 Å². The van der Waals surface area contributed by atoms with Gasteiger partial charge in [-0.1, -0.05) is 64.8 Å². The number of hydrogen-bond donors (Lipinski definition) is 1. The highest BCUT2D eigenvalue weighted by Gasteiger charge is 2.64. The zero-order valence-corrected chi connectivity index (χ0v) is 21.2. The van der Waals surface area contributed by atoms with Crippen molar-refractivity contribution in [2.75, 3.05) is 13.7 Å². The van der Waals surface area contributed by atoms with Gasteiger partial charge < -0.3 is 14.8 Å². The average Bonchev–Trinajstić information content (AvgIpc) is 2.83. The molecule has 1 amide bonds. The predicted octanol–water partition coefficient (Wildman–Crippen LogP) is 6.60. The van der Waals surface area contributed by atoms with E-state index in [0.29, 0.717) is 11.3 Å². The molecule has 3 rings (SSSR count). The number of hydrogen-bond acceptors (Lipinski definition) is 3. The number of unbranched alkanes of at least 4 members (excludes halogenated alkanes) is 3. The van der Waals surface area contributed by atoms with Crippen LogP contribution in [-0.4, -0.2) is 31.8 Å². The molecule has 2 aromatic carbocycles. The van der Waals surface area contributed by atoms with Crippen LogP contribution >= 0.6 is 0 Å². The van der Waals surface area contributed by atoms with Crippen molar-refractivity contribution in [3.8, 4) is 5.75 Å². The van der Waals surface area contributed by atoms with Crippen LogP contribution in [0.4, 0.5) is 5.69 Å². The average molecular weight is 463 g/mol. The Morgan fingerprint density at radius 2 is 1.56 bits per heavy atom. The third kappa shape index (κ3) is 5.80. The zero-order valence-electron chi connectivity index (χ0n) is 21.2. The van der Waals surface area contributed by atoms with Gasteiger partial charge in [0, 0.05) is 36.2 Å². The second-order valence-electron chi connectivity index (χ2n) is 10.5. The van der Waals surface area contributed by atoms with Crippen LogP contribution in [0.2, 0.25) is 0 Å². The Bertz CT molecular complexity index is 972. The lowest BCUT2D eigenvalue weighted by atomic mass is 9.49. The molecule has 0 bridgehead atoms. The van der Waals surface area contributed by atoms with Crippen molar-refractivity contribution in [1.82, 2.24) is 5.32 Å². The van der Waals surface area contributed by atoms with Gasteiger partial charge in [-0.25, -0.2) is 4.85 Å². The number of nitrogens with zero attached hydrogens (tertiary/aromatic N) is 1. The summed E-state index contributed by atoms with van der Waals surface area (Å²) in [6.07, 6.45) is 5.64. The van der Waals surface area contributed by atoms with Crippen LogP contribution in [0.5, 0.6) is 5.75 Å². The number of methoxy groups -OCH3 is 1. The minimum Gasteiger partial charge on any atom is -0.489 e. The minimum absolute atomic E-state index is 0.0215. The van der Waals surface area contributed by atoms with Gasteiger partial charge in [-0.15, -0.1) is 0 Å². The molecule has 1 saturated carbocycles. The van der Waals surface area contributed by atoms with Gasteiger partial charge in [-0.05, 0) is 49.1 Å². The maximum absolute atomic E-state index is 13.0. The number of amides is 1. The molecule has 1 fully saturated rings. The van der Waals surface area contributed by atoms with E-state index in [1.165, 1.54) is 18.4 Å². The van der Waals surface area contributed by atoms with E-state index in [1.807, 2.05) is 24.3 Å². The van der Waals surface area contributed by atoms with Gasteiger partial charge in [-0.3, -0.25) is 4.79 Å². The highest BCUT2D eigenvalue weighted by atomic mass is 16.5. The normalized spacial score (nSPS) is 20.1. The first-order chi connectivity index (χ1) is 16.2. The van der Waals surface area contributed by atoms with E-state index in [2.05, 4.69) is 50.0 Å². The van der Waals surface area contributed by atoms with E-state index in [9.17, 15) is 4.79 Å². The third-order valence-corrected chi connectivity index (χ3v) is 7.11. The van der Waals surface area contributed by atoms with Gasteiger partial charge in [-0.2, -0.15) is 0 Å². The fourth-order valence-electron chi connectivity index (χ4n) is 5.50. The summed E-state index contributed by atoms with van der Waals surface area (Å²) in [6.45, 7) is 16.5. The lowest BCUT2D eigenvalue weighted by Gasteiger charge is -2.63. The number of nitrogens with one attached hydrogen (secondary N) is 1. The number of carbonyl (C=O) groups excluding carboxylic acids is 1. The lowest BCUT2D eigenvalue weighted by molar-refractivity contribution is -0.164. The second kappa shape index (κ2) is 11.1. The van der Waals surface area contributed by atoms with Crippen molar-refractivity contribution < 1.29 is 14.3 Å². The Labute approximate surface area is 204 Å². The smallest absolute Gasteiger partial charge is 0.251 e. The van der Waals surface area contributed by atoms with Crippen molar-refractivity contribution in [2.24, 2.45) is 10.8 Å². The van der Waals surface area contributed by atoms with E-state index in [0.717, 1.165) is 31.6 Å². The number of carbonyl (C=O) groups is 1. The molecule has 0 spiro atoms. The second-order valence-corrected chi connectivity index (χ2v) is 10.5. The van der Waals surface area contributed by atoms with Crippen LogP contribution in [0.1, 0.15) is 69.3 Å². The molecule has 5 heteroatoms. The van der Waals surface area contributed by atoms with Gasteiger partial charge in [0.2, 0.25) is 0 Å². The predicted molar refractivity (Wildman–Crippen MR) is 136 cm³/mol. The topological polar surface area (TPSA) is 51.9 Å². The maximum atomic E-state index is 13.0. The molecule has 0 heterocycles. The van der Waals surface area contributed by atoms with Gasteiger partial charge in [0.25, 0.3) is 5.91 Å². The third-order valence-electron chi connectivity index (χ3n) is 7.11. The fraction of sp³-hybridized carbons (Fsp3) is 0.517. The molecule has 0 atom stereocenters. The summed E-state index contributed by atoms with van der Waals surface area (Å²) in [7, 11) is 1.75. The standard InChI is InChI=1S/C29H38N2O3/c1-28(2)26(29(3,4)27(28)34-24-18-16-23(30-5)17-19-24)31-25(32)22-14-12-21(13-15-22)11-9-7-8-10-20-33-6/h12-19,26-27H,7-11,20H2,1-4,6H3,(H,31,32). The van der Waals surface area contributed by atoms with Crippen LogP contribution in [-0.2, 0) is 11.2 Å². The summed E-state index contributed by atoms with van der Waals surface area (Å²) in [5, 5.41) is 3.27. The molecular weight excluding hydrogens is 424 g/mol. The van der Waals surface area contributed by atoms with E-state index >= 15 is 0 Å². The Balaban J connectivity index is 1.55. The molecule has 2 aromatic rings. The van der Waals surface area contributed by atoms with Crippen LogP contribution in [0.3, 0.4) is 0 Å². The summed E-state index contributed by atoms with van der Waals surface area (Å²) in [5.41, 5.74) is 2.08. The van der Waals surface area contributed by atoms with Crippen molar-refractivity contribution in [3.05, 3.63) is 71.1 Å². The molecule has 1 aliphatic carbocycles. The molecule has 0 saturated heterocycles. The van der Waals surface area contributed by atoms with Crippen molar-refractivity contribution in [2.45, 2.75) is 71.9 Å². The van der Waals surface area contributed by atoms with Crippen molar-refractivity contribution in [3.63, 3.8) is 0 Å². The van der Waals surface area contributed by atoms with Crippen molar-refractivity contribution >= 4 is 11.6 Å². The fourth-order valence-corrected chi connectivity index (χ4v) is 5.50. The van der Waals surface area contributed by atoms with Gasteiger partial charge in [0.15, 0.2) is 5.69 Å². The lowest BCUT2D eigenvalue weighted by Crippen LogP contribution is -2.74. The number of rotatable bonds is 11. The Morgan fingerprint density at radius 3 is 2.15 bits per heavy atom. The molecule has 0 radical (unpaired) electrons. The Morgan fingerprint density at radius 1 is 0.941 bits per heavy atom. The molecule has 0 unspecified atom stereocenters. The van der Waals surface area contributed by atoms with E-state index in [1.54, 1.807) is 19.2 Å². The highest BCUT2D eigenvalue weighted by Crippen LogP contribution is 2.55. The summed E-state index contributed by atoms with van der Waals surface area (Å²) in [4.78, 5) is 16.5. The Kier molecular flexibility index (Phi) is 8.38. The van der Waals surface area contributed by atoms with E-state index in [-0.39, 0.29) is 28.9 Å². The first-order valence-electron chi connectivity index (χ1n) is 12.2. The minimum atomic E-state index is -0.236. The SMILES string of the molecule is [C-]#[N+]c1ccc(OC2C(C)(C)C(NC(=O)c3ccc(CCCCCCOC)cc3)C2(C)C)cc1. The van der Waals surface area contributed by atoms with E-state index < -0.39 is 0 Å². The summed E-state index contributed by atoms with van der Waals surface area (Å²) in [5.74, 6) is 0.703. The molecule has 1 N–H and O–H groups in total. The first-order valence-corrected chi connectivity index (χ1v) is 12.2. The van der Waals surface area contributed by atoms with Crippen LogP contribution in [0, 0.1) is 17.4 Å². The summed E-state index contributed by atoms with van der Waals surface area (Å²) >= 11 is 0. The quantitative estimate of drug-likeness (QED) is 0.302. The molecule has 5 nitrogen and oxygen atoms in total. The summed E-state index contributed by atoms with van der Waals surface area (Å²) < 4.78 is 11.4. The highest BCUT2D eigenvalue weighted by molar-refractivity contribution is 5.94. The largest absolute Gasteiger partial charge is 0.489 e. The maximum Gasteiger partial charge on any atom is 0.251 e. The van der Waals surface area contributed by atoms with Crippen LogP contribution < -0.4 is 10.1 Å². The number of benzene rings is 2. The molecule has 1 aliphatic rings. The Hall–Kier alpha value is -2.84. The first kappa shape index (κ1) is 25.8. The molecule has 0 aliphatic heterocycles. The molecule has 182 valence electrons. The van der Waals surface area contributed by atoms with Crippen molar-refractivity contribution in [1.29, 1.82) is 0 Å². The summed E-state index contributed by atoms with van der Waals surface area (Å²) in [6, 6.07) is 15.2. The zero-order chi connectivity index (χ0) is 24.8. The molecule has 0 aromatic heterocycles. The molecular formula is C29H38N2O3. The number of ether oxygens (including phenoxy) is 2. The molecule has 34 heavy (non-hydrogen) atoms. The van der Waals surface area contributed by atoms with Gasteiger partial charge in [0.05, 0.1) is 6.57 Å². The van der Waals surface area contributed by atoms with Gasteiger partial charge in [0.1, 0.15) is 11.9 Å². The number of aryl methyl sites for hydroxylation is 1. The van der Waals surface area contributed by atoms with Gasteiger partial charge >= 0.3 is 0 Å². The monoisotopic (exact) mass is 462 g/mol. The van der Waals surface area contributed by atoms with Crippen LogP contribution in [0.15, 0.2) is 48.5 Å². The van der Waals surface area contributed by atoms with Crippen LogP contribution in [0.25, 0.3) is 4.85 Å².